The average molecular weight is 564 g/mol. The van der Waals surface area contributed by atoms with Gasteiger partial charge in [0.25, 0.3) is 5.91 Å². The molecule has 1 amide bonds. The molecule has 1 aromatic rings. The van der Waals surface area contributed by atoms with Crippen molar-refractivity contribution in [2.45, 2.75) is 77.8 Å². The van der Waals surface area contributed by atoms with Crippen LogP contribution in [0.25, 0.3) is 0 Å². The van der Waals surface area contributed by atoms with E-state index in [1.165, 1.54) is 12.2 Å². The third-order valence-electron chi connectivity index (χ3n) is 10.4. The maximum absolute atomic E-state index is 13.1. The number of hydrogen-bond acceptors (Lipinski definition) is 8. The van der Waals surface area contributed by atoms with Crippen molar-refractivity contribution in [2.75, 3.05) is 42.0 Å². The van der Waals surface area contributed by atoms with Crippen molar-refractivity contribution < 1.29 is 38.4 Å². The van der Waals surface area contributed by atoms with E-state index in [0.717, 1.165) is 37.0 Å². The minimum absolute atomic E-state index is 0.00688. The minimum atomic E-state index is -0.821. The fourth-order valence-corrected chi connectivity index (χ4v) is 8.18. The van der Waals surface area contributed by atoms with Crippen LogP contribution in [-0.2, 0) is 35.2 Å². The molecule has 9 heteroatoms. The average Bonchev–Trinajstić information content (AvgIpc) is 2.95. The van der Waals surface area contributed by atoms with Crippen LogP contribution in [0.4, 0.5) is 0 Å². The predicted molar refractivity (Wildman–Crippen MR) is 149 cm³/mol. The third-order valence-corrected chi connectivity index (χ3v) is 10.4. The Bertz CT molecular complexity index is 971. The lowest BCUT2D eigenvalue weighted by atomic mass is 9.42. The molecule has 9 nitrogen and oxygen atoms in total. The minimum Gasteiger partial charge on any atom is -0.497 e. The van der Waals surface area contributed by atoms with Gasteiger partial charge in [0.05, 0.1) is 45.1 Å². The van der Waals surface area contributed by atoms with Gasteiger partial charge in [-0.2, -0.15) is 0 Å². The topological polar surface area (TPSA) is 95.9 Å². The van der Waals surface area contributed by atoms with E-state index in [-0.39, 0.29) is 54.4 Å². The fraction of sp³-hybridized carbons (Fsp3) is 0.774. The van der Waals surface area contributed by atoms with E-state index in [1.54, 1.807) is 21.3 Å². The number of benzene rings is 1. The highest BCUT2D eigenvalue weighted by Gasteiger charge is 2.63. The van der Waals surface area contributed by atoms with Crippen molar-refractivity contribution in [1.29, 1.82) is 0 Å². The number of amides is 1. The van der Waals surface area contributed by atoms with E-state index < -0.39 is 12.0 Å². The predicted octanol–water partition coefficient (Wildman–Crippen LogP) is 4.41. The molecule has 3 fully saturated rings. The van der Waals surface area contributed by atoms with E-state index >= 15 is 0 Å². The first-order valence-electron chi connectivity index (χ1n) is 14.5. The summed E-state index contributed by atoms with van der Waals surface area (Å²) in [7, 11) is 6.38. The Labute approximate surface area is 239 Å². The number of ether oxygens (including phenoxy) is 5. The van der Waals surface area contributed by atoms with Crippen molar-refractivity contribution in [3.05, 3.63) is 29.8 Å². The molecular weight excluding hydrogens is 514 g/mol. The van der Waals surface area contributed by atoms with Crippen molar-refractivity contribution in [1.82, 2.24) is 5.06 Å². The number of rotatable bonds is 11. The molecular formula is C31H49NO8. The zero-order valence-corrected chi connectivity index (χ0v) is 25.3. The van der Waals surface area contributed by atoms with Crippen LogP contribution in [0, 0.1) is 34.5 Å². The van der Waals surface area contributed by atoms with E-state index in [1.807, 2.05) is 24.3 Å². The van der Waals surface area contributed by atoms with Gasteiger partial charge in [0.15, 0.2) is 0 Å². The van der Waals surface area contributed by atoms with Crippen LogP contribution in [0.1, 0.15) is 58.4 Å². The zero-order chi connectivity index (χ0) is 29.1. The molecule has 3 saturated carbocycles. The number of fused-ring (bicyclic) bond motifs is 3. The monoisotopic (exact) mass is 563 g/mol. The molecule has 3 aliphatic carbocycles. The normalized spacial score (nSPS) is 35.0. The van der Waals surface area contributed by atoms with Crippen LogP contribution in [0.3, 0.4) is 0 Å². The second-order valence-corrected chi connectivity index (χ2v) is 12.6. The molecule has 0 bridgehead atoms. The van der Waals surface area contributed by atoms with Gasteiger partial charge in [-0.3, -0.25) is 9.63 Å². The molecule has 0 aromatic heterocycles. The number of methoxy groups -OCH3 is 2. The third kappa shape index (κ3) is 6.05. The van der Waals surface area contributed by atoms with Crippen molar-refractivity contribution in [3.63, 3.8) is 0 Å². The van der Waals surface area contributed by atoms with Gasteiger partial charge in [0.1, 0.15) is 19.3 Å². The molecule has 3 aliphatic rings. The lowest BCUT2D eigenvalue weighted by Gasteiger charge is -2.64. The Morgan fingerprint density at radius 1 is 1.02 bits per heavy atom. The summed E-state index contributed by atoms with van der Waals surface area (Å²) in [6, 6.07) is 7.76. The highest BCUT2D eigenvalue weighted by Crippen LogP contribution is 2.65. The van der Waals surface area contributed by atoms with Gasteiger partial charge in [-0.05, 0) is 72.5 Å². The SMILES string of the molecule is COCO[C@H]1CC[C@]2(C)[C@H]3CC[C@H](C(=O)N(C)OC)[C@H](O)[C@H]3[C@H](OCOCc3ccc(OC)cc3)C[C@H]2C1(C)C. The first kappa shape index (κ1) is 31.2. The number of aliphatic hydroxyl groups is 1. The summed E-state index contributed by atoms with van der Waals surface area (Å²) in [5, 5.41) is 13.0. The molecule has 1 N–H and O–H groups in total. The van der Waals surface area contributed by atoms with Crippen LogP contribution in [0.15, 0.2) is 24.3 Å². The van der Waals surface area contributed by atoms with E-state index in [2.05, 4.69) is 20.8 Å². The van der Waals surface area contributed by atoms with E-state index in [0.29, 0.717) is 18.9 Å². The summed E-state index contributed by atoms with van der Waals surface area (Å²) in [5.41, 5.74) is 0.902. The Balaban J connectivity index is 1.54. The Hall–Kier alpha value is -1.75. The van der Waals surface area contributed by atoms with Crippen LogP contribution in [0.5, 0.6) is 5.75 Å². The Morgan fingerprint density at radius 2 is 1.75 bits per heavy atom. The number of carbonyl (C=O) groups excluding carboxylic acids is 1. The molecule has 1 aromatic carbocycles. The highest BCUT2D eigenvalue weighted by molar-refractivity contribution is 5.78. The highest BCUT2D eigenvalue weighted by atomic mass is 16.7. The molecule has 0 heterocycles. The molecule has 0 radical (unpaired) electrons. The standard InChI is InChI=1S/C31H49NO8/c1-30(2)25-16-24(39-19-38-17-20-8-10-21(36-6)11-9-20)27-23(31(25,3)15-14-26(30)40-18-35-5)13-12-22(28(27)33)29(34)32(4)37-7/h8-11,22-28,33H,12-19H2,1-7H3/t22-,23-,24+,25-,26-,27+,28-,31+/m0/s1. The van der Waals surface area contributed by atoms with Crippen LogP contribution in [-0.4, -0.2) is 76.4 Å². The number of nitrogens with zero attached hydrogens (tertiary/aromatic N) is 1. The van der Waals surface area contributed by atoms with Gasteiger partial charge in [-0.25, -0.2) is 5.06 Å². The van der Waals surface area contributed by atoms with E-state index in [9.17, 15) is 9.90 Å². The van der Waals surface area contributed by atoms with Gasteiger partial charge in [-0.1, -0.05) is 32.9 Å². The second kappa shape index (κ2) is 13.0. The van der Waals surface area contributed by atoms with Gasteiger partial charge >= 0.3 is 0 Å². The molecule has 0 aliphatic heterocycles. The molecule has 226 valence electrons. The Kier molecular flexibility index (Phi) is 10.2. The first-order valence-corrected chi connectivity index (χ1v) is 14.5. The zero-order valence-electron chi connectivity index (χ0n) is 25.3. The fourth-order valence-electron chi connectivity index (χ4n) is 8.18. The smallest absolute Gasteiger partial charge is 0.251 e. The molecule has 40 heavy (non-hydrogen) atoms. The van der Waals surface area contributed by atoms with Gasteiger partial charge in [0, 0.05) is 20.1 Å². The summed E-state index contributed by atoms with van der Waals surface area (Å²) >= 11 is 0. The van der Waals surface area contributed by atoms with Crippen molar-refractivity contribution in [3.8, 4) is 5.75 Å². The quantitative estimate of drug-likeness (QED) is 0.240. The lowest BCUT2D eigenvalue weighted by molar-refractivity contribution is -0.251. The number of hydrogen-bond donors (Lipinski definition) is 1. The van der Waals surface area contributed by atoms with Crippen molar-refractivity contribution in [2.24, 2.45) is 34.5 Å². The molecule has 0 spiro atoms. The maximum atomic E-state index is 13.1. The van der Waals surface area contributed by atoms with Crippen LogP contribution >= 0.6 is 0 Å². The van der Waals surface area contributed by atoms with Crippen molar-refractivity contribution >= 4 is 5.91 Å². The summed E-state index contributed by atoms with van der Waals surface area (Å²) < 4.78 is 29.1. The summed E-state index contributed by atoms with van der Waals surface area (Å²) in [4.78, 5) is 18.3. The summed E-state index contributed by atoms with van der Waals surface area (Å²) in [6.45, 7) is 7.77. The van der Waals surface area contributed by atoms with E-state index in [4.69, 9.17) is 28.5 Å². The summed E-state index contributed by atoms with van der Waals surface area (Å²) in [5.74, 6) is 0.441. The second-order valence-electron chi connectivity index (χ2n) is 12.6. The van der Waals surface area contributed by atoms with Gasteiger partial charge in [0.2, 0.25) is 0 Å². The maximum Gasteiger partial charge on any atom is 0.251 e. The molecule has 0 saturated heterocycles. The molecule has 4 rings (SSSR count). The van der Waals surface area contributed by atoms with Gasteiger partial charge in [-0.15, -0.1) is 0 Å². The molecule has 0 unspecified atom stereocenters. The molecule has 8 atom stereocenters. The van der Waals surface area contributed by atoms with Crippen LogP contribution < -0.4 is 4.74 Å². The van der Waals surface area contributed by atoms with Crippen LogP contribution in [0.2, 0.25) is 0 Å². The summed E-state index contributed by atoms with van der Waals surface area (Å²) in [6.07, 6.45) is 3.19. The number of carbonyl (C=O) groups is 1. The number of hydroxylamine groups is 2. The number of aliphatic hydroxyl groups excluding tert-OH is 1. The first-order chi connectivity index (χ1) is 19.1. The Morgan fingerprint density at radius 3 is 2.40 bits per heavy atom. The van der Waals surface area contributed by atoms with Gasteiger partial charge < -0.3 is 28.8 Å². The lowest BCUT2D eigenvalue weighted by Crippen LogP contribution is -2.64. The largest absolute Gasteiger partial charge is 0.497 e.